The maximum Gasteiger partial charge on any atom is 0.133 e. The van der Waals surface area contributed by atoms with Gasteiger partial charge in [0.1, 0.15) is 11.5 Å². The van der Waals surface area contributed by atoms with E-state index < -0.39 is 0 Å². The summed E-state index contributed by atoms with van der Waals surface area (Å²) in [6.45, 7) is 8.01. The first kappa shape index (κ1) is 15.9. The van der Waals surface area contributed by atoms with E-state index >= 15 is 0 Å². The van der Waals surface area contributed by atoms with Crippen LogP contribution < -0.4 is 10.1 Å². The molecule has 0 saturated heterocycles. The van der Waals surface area contributed by atoms with E-state index in [-0.39, 0.29) is 0 Å². The van der Waals surface area contributed by atoms with Crippen molar-refractivity contribution in [2.75, 3.05) is 6.54 Å². The number of rotatable bonds is 6. The second-order valence-corrected chi connectivity index (χ2v) is 5.70. The highest BCUT2D eigenvalue weighted by Crippen LogP contribution is 2.34. The van der Waals surface area contributed by atoms with Gasteiger partial charge < -0.3 is 10.1 Å². The summed E-state index contributed by atoms with van der Waals surface area (Å²) >= 11 is 6.31. The Morgan fingerprint density at radius 2 is 1.76 bits per heavy atom. The number of hydrogen-bond donors (Lipinski definition) is 1. The molecule has 2 nitrogen and oxygen atoms in total. The lowest BCUT2D eigenvalue weighted by atomic mass is 10.0. The van der Waals surface area contributed by atoms with Crippen LogP contribution in [0.3, 0.4) is 0 Å². The maximum atomic E-state index is 6.31. The highest BCUT2D eigenvalue weighted by molar-refractivity contribution is 6.31. The molecular weight excluding hydrogens is 282 g/mol. The third-order valence-electron chi connectivity index (χ3n) is 3.39. The minimum Gasteiger partial charge on any atom is -0.457 e. The number of ether oxygens (including phenoxy) is 1. The second-order valence-electron chi connectivity index (χ2n) is 5.29. The Morgan fingerprint density at radius 1 is 1.05 bits per heavy atom. The number of hydrogen-bond acceptors (Lipinski definition) is 2. The van der Waals surface area contributed by atoms with Crippen LogP contribution in [0.15, 0.2) is 42.5 Å². The van der Waals surface area contributed by atoms with E-state index in [1.54, 1.807) is 0 Å². The number of benzene rings is 2. The molecule has 0 radical (unpaired) electrons. The minimum atomic E-state index is 0.414. The zero-order valence-corrected chi connectivity index (χ0v) is 13.6. The molecule has 3 heteroatoms. The number of para-hydroxylation sites is 1. The van der Waals surface area contributed by atoms with Crippen molar-refractivity contribution in [2.24, 2.45) is 0 Å². The minimum absolute atomic E-state index is 0.414. The van der Waals surface area contributed by atoms with E-state index in [4.69, 9.17) is 16.3 Å². The van der Waals surface area contributed by atoms with Crippen LogP contribution in [0.4, 0.5) is 0 Å². The van der Waals surface area contributed by atoms with Crippen molar-refractivity contribution in [3.05, 3.63) is 58.6 Å². The molecule has 0 atom stereocenters. The molecule has 0 aliphatic carbocycles. The fourth-order valence-corrected chi connectivity index (χ4v) is 2.46. The number of nitrogens with one attached hydrogen (secondary N) is 1. The maximum absolute atomic E-state index is 6.31. The third kappa shape index (κ3) is 3.99. The number of halogens is 1. The standard InChI is InChI=1S/C18H22ClNO/c1-4-20-12-15-16(19)9-7-11-18(15)21-17-10-6-5-8-14(17)13(2)3/h5-11,13,20H,4,12H2,1-3H3. The Balaban J connectivity index is 2.33. The lowest BCUT2D eigenvalue weighted by molar-refractivity contribution is 0.464. The zero-order valence-electron chi connectivity index (χ0n) is 12.8. The molecule has 21 heavy (non-hydrogen) atoms. The van der Waals surface area contributed by atoms with Crippen LogP contribution in [-0.2, 0) is 6.54 Å². The average molecular weight is 304 g/mol. The van der Waals surface area contributed by atoms with Crippen LogP contribution in [0.1, 0.15) is 37.8 Å². The first-order valence-corrected chi connectivity index (χ1v) is 7.76. The van der Waals surface area contributed by atoms with Crippen LogP contribution in [0.5, 0.6) is 11.5 Å². The molecule has 0 fully saturated rings. The molecule has 0 amide bonds. The molecule has 0 saturated carbocycles. The van der Waals surface area contributed by atoms with Gasteiger partial charge in [-0.3, -0.25) is 0 Å². The highest BCUT2D eigenvalue weighted by Gasteiger charge is 2.12. The first-order chi connectivity index (χ1) is 10.1. The van der Waals surface area contributed by atoms with Crippen molar-refractivity contribution in [2.45, 2.75) is 33.2 Å². The Kier molecular flexibility index (Phi) is 5.66. The van der Waals surface area contributed by atoms with Gasteiger partial charge in [0.05, 0.1) is 0 Å². The Morgan fingerprint density at radius 3 is 2.48 bits per heavy atom. The first-order valence-electron chi connectivity index (χ1n) is 7.38. The van der Waals surface area contributed by atoms with Crippen molar-refractivity contribution in [1.29, 1.82) is 0 Å². The van der Waals surface area contributed by atoms with Gasteiger partial charge in [-0.2, -0.15) is 0 Å². The molecule has 2 aromatic carbocycles. The van der Waals surface area contributed by atoms with Gasteiger partial charge in [-0.05, 0) is 36.2 Å². The molecule has 1 N–H and O–H groups in total. The molecule has 2 aromatic rings. The molecule has 0 bridgehead atoms. The van der Waals surface area contributed by atoms with Crippen LogP contribution >= 0.6 is 11.6 Å². The summed E-state index contributed by atoms with van der Waals surface area (Å²) in [5.41, 5.74) is 2.20. The summed E-state index contributed by atoms with van der Waals surface area (Å²) in [7, 11) is 0. The van der Waals surface area contributed by atoms with Gasteiger partial charge in [0, 0.05) is 17.1 Å². The van der Waals surface area contributed by atoms with Gasteiger partial charge in [-0.1, -0.05) is 56.6 Å². The SMILES string of the molecule is CCNCc1c(Cl)cccc1Oc1ccccc1C(C)C. The van der Waals surface area contributed by atoms with E-state index in [2.05, 4.69) is 32.2 Å². The van der Waals surface area contributed by atoms with Crippen molar-refractivity contribution in [3.63, 3.8) is 0 Å². The molecule has 0 spiro atoms. The Labute approximate surface area is 132 Å². The lowest BCUT2D eigenvalue weighted by Gasteiger charge is -2.17. The molecular formula is C18H22ClNO. The molecule has 2 rings (SSSR count). The summed E-state index contributed by atoms with van der Waals surface area (Å²) in [5, 5.41) is 4.04. The summed E-state index contributed by atoms with van der Waals surface area (Å²) in [6.07, 6.45) is 0. The summed E-state index contributed by atoms with van der Waals surface area (Å²) in [6, 6.07) is 13.9. The van der Waals surface area contributed by atoms with Gasteiger partial charge in [-0.15, -0.1) is 0 Å². The van der Waals surface area contributed by atoms with E-state index in [1.807, 2.05) is 36.4 Å². The summed E-state index contributed by atoms with van der Waals surface area (Å²) < 4.78 is 6.16. The smallest absolute Gasteiger partial charge is 0.133 e. The van der Waals surface area contributed by atoms with Gasteiger partial charge in [-0.25, -0.2) is 0 Å². The monoisotopic (exact) mass is 303 g/mol. The topological polar surface area (TPSA) is 21.3 Å². The van der Waals surface area contributed by atoms with Crippen LogP contribution in [0, 0.1) is 0 Å². The van der Waals surface area contributed by atoms with Crippen molar-refractivity contribution < 1.29 is 4.74 Å². The van der Waals surface area contributed by atoms with Crippen molar-refractivity contribution in [1.82, 2.24) is 5.32 Å². The Bertz CT molecular complexity index is 596. The molecule has 0 heterocycles. The predicted octanol–water partition coefficient (Wildman–Crippen LogP) is 5.37. The normalized spacial score (nSPS) is 10.9. The van der Waals surface area contributed by atoms with Gasteiger partial charge in [0.2, 0.25) is 0 Å². The molecule has 0 unspecified atom stereocenters. The second kappa shape index (κ2) is 7.48. The fourth-order valence-electron chi connectivity index (χ4n) is 2.22. The predicted molar refractivity (Wildman–Crippen MR) is 89.4 cm³/mol. The third-order valence-corrected chi connectivity index (χ3v) is 3.74. The lowest BCUT2D eigenvalue weighted by Crippen LogP contribution is -2.13. The van der Waals surface area contributed by atoms with E-state index in [9.17, 15) is 0 Å². The van der Waals surface area contributed by atoms with E-state index in [1.165, 1.54) is 5.56 Å². The molecule has 0 aliphatic rings. The Hall–Kier alpha value is -1.51. The largest absolute Gasteiger partial charge is 0.457 e. The van der Waals surface area contributed by atoms with E-state index in [0.29, 0.717) is 12.5 Å². The quantitative estimate of drug-likeness (QED) is 0.775. The average Bonchev–Trinajstić information content (AvgIpc) is 2.47. The van der Waals surface area contributed by atoms with Gasteiger partial charge >= 0.3 is 0 Å². The molecule has 112 valence electrons. The van der Waals surface area contributed by atoms with Gasteiger partial charge in [0.15, 0.2) is 0 Å². The van der Waals surface area contributed by atoms with Gasteiger partial charge in [0.25, 0.3) is 0 Å². The van der Waals surface area contributed by atoms with Crippen LogP contribution in [0.25, 0.3) is 0 Å². The molecule has 0 aliphatic heterocycles. The van der Waals surface area contributed by atoms with Crippen LogP contribution in [0.2, 0.25) is 5.02 Å². The van der Waals surface area contributed by atoms with Crippen LogP contribution in [-0.4, -0.2) is 6.54 Å². The van der Waals surface area contributed by atoms with E-state index in [0.717, 1.165) is 28.6 Å². The summed E-state index contributed by atoms with van der Waals surface area (Å²) in [4.78, 5) is 0. The zero-order chi connectivity index (χ0) is 15.2. The highest BCUT2D eigenvalue weighted by atomic mass is 35.5. The van der Waals surface area contributed by atoms with Crippen molar-refractivity contribution in [3.8, 4) is 11.5 Å². The van der Waals surface area contributed by atoms with Crippen molar-refractivity contribution >= 4 is 11.6 Å². The fraction of sp³-hybridized carbons (Fsp3) is 0.333. The molecule has 0 aromatic heterocycles. The summed E-state index contributed by atoms with van der Waals surface area (Å²) in [5.74, 6) is 2.13.